The van der Waals surface area contributed by atoms with E-state index in [0.29, 0.717) is 6.07 Å². The Labute approximate surface area is 78.0 Å². The smallest absolute Gasteiger partial charge is 0.244 e. The molecule has 0 N–H and O–H groups in total. The third-order valence-electron chi connectivity index (χ3n) is 1.79. The summed E-state index contributed by atoms with van der Waals surface area (Å²) < 4.78 is 50.2. The second-order valence-electron chi connectivity index (χ2n) is 2.78. The molecule has 0 bridgehead atoms. The van der Waals surface area contributed by atoms with E-state index >= 15 is 0 Å². The van der Waals surface area contributed by atoms with Crippen molar-refractivity contribution < 1.29 is 22.7 Å². The van der Waals surface area contributed by atoms with Gasteiger partial charge in [-0.25, -0.2) is 13.9 Å². The molecule has 1 aromatic carbocycles. The van der Waals surface area contributed by atoms with Gasteiger partial charge < -0.3 is 0 Å². The van der Waals surface area contributed by atoms with Crippen LogP contribution in [0.1, 0.15) is 11.1 Å². The molecule has 0 fully saturated rings. The normalized spacial score (nSPS) is 11.8. The van der Waals surface area contributed by atoms with Crippen molar-refractivity contribution in [2.24, 2.45) is 0 Å². The largest absolute Gasteiger partial charge is 0.301 e. The van der Waals surface area contributed by atoms with Gasteiger partial charge in [0, 0.05) is 5.56 Å². The Morgan fingerprint density at radius 3 is 2.43 bits per heavy atom. The highest BCUT2D eigenvalue weighted by Gasteiger charge is 2.34. The van der Waals surface area contributed by atoms with Gasteiger partial charge in [-0.15, -0.1) is 0 Å². The van der Waals surface area contributed by atoms with Crippen LogP contribution in [0.3, 0.4) is 0 Å². The van der Waals surface area contributed by atoms with Crippen LogP contribution < -0.4 is 0 Å². The van der Waals surface area contributed by atoms with Gasteiger partial charge >= 0.3 is 5.92 Å². The van der Waals surface area contributed by atoms with E-state index in [9.17, 15) is 22.7 Å². The lowest BCUT2D eigenvalue weighted by atomic mass is 10.0. The molecule has 0 spiro atoms. The van der Waals surface area contributed by atoms with E-state index in [-0.39, 0.29) is 5.56 Å². The van der Waals surface area contributed by atoms with Crippen LogP contribution in [0.4, 0.5) is 17.6 Å². The predicted molar refractivity (Wildman–Crippen MR) is 40.7 cm³/mol. The molecule has 0 saturated heterocycles. The van der Waals surface area contributed by atoms with E-state index in [1.807, 2.05) is 0 Å². The van der Waals surface area contributed by atoms with E-state index in [1.165, 1.54) is 0 Å². The van der Waals surface area contributed by atoms with Crippen LogP contribution in [0.2, 0.25) is 0 Å². The molecule has 77 valence electrons. The highest BCUT2D eigenvalue weighted by atomic mass is 19.3. The van der Waals surface area contributed by atoms with Gasteiger partial charge in [-0.2, -0.15) is 8.78 Å². The summed E-state index contributed by atoms with van der Waals surface area (Å²) in [5, 5.41) is 10.4. The molecule has 0 amide bonds. The van der Waals surface area contributed by atoms with Crippen molar-refractivity contribution in [2.75, 3.05) is 6.67 Å². The molecule has 5 heteroatoms. The maximum atomic E-state index is 12.8. The molecule has 0 aliphatic heterocycles. The van der Waals surface area contributed by atoms with Gasteiger partial charge in [0.05, 0.1) is 0 Å². The van der Waals surface area contributed by atoms with Crippen molar-refractivity contribution in [1.29, 1.82) is 0 Å². The van der Waals surface area contributed by atoms with Gasteiger partial charge in [-0.05, 0) is 17.7 Å². The molecule has 0 heterocycles. The minimum absolute atomic E-state index is 0.283. The topological polar surface area (TPSA) is 19.9 Å². The van der Waals surface area contributed by atoms with Crippen LogP contribution >= 0.6 is 0 Å². The van der Waals surface area contributed by atoms with Crippen LogP contribution in [0.5, 0.6) is 0 Å². The minimum atomic E-state index is -3.79. The molecule has 0 aliphatic rings. The van der Waals surface area contributed by atoms with Crippen LogP contribution in [0.15, 0.2) is 18.2 Å². The summed E-state index contributed by atoms with van der Waals surface area (Å²) >= 11 is 0. The summed E-state index contributed by atoms with van der Waals surface area (Å²) in [6.45, 7) is -2.87. The third kappa shape index (κ3) is 2.04. The Hall–Kier alpha value is -1.10. The van der Waals surface area contributed by atoms with E-state index in [2.05, 4.69) is 0 Å². The Morgan fingerprint density at radius 2 is 1.93 bits per heavy atom. The van der Waals surface area contributed by atoms with Crippen molar-refractivity contribution in [1.82, 2.24) is 0 Å². The molecule has 0 unspecified atom stereocenters. The molecule has 0 aromatic heterocycles. The zero-order chi connectivity index (χ0) is 10.8. The van der Waals surface area contributed by atoms with Gasteiger partial charge in [0.15, 0.2) is 6.67 Å². The summed E-state index contributed by atoms with van der Waals surface area (Å²) in [5.41, 5.74) is -1.15. The monoisotopic (exact) mass is 207 g/mol. The summed E-state index contributed by atoms with van der Waals surface area (Å²) in [4.78, 5) is 0. The van der Waals surface area contributed by atoms with Crippen molar-refractivity contribution >= 4 is 0 Å². The standard InChI is InChI=1S/C9H7F4O/c10-5-9(12,13)8-3-7(11)2-1-6(8)4-14/h1-3H,4-5H2. The molecule has 0 atom stereocenters. The zero-order valence-corrected chi connectivity index (χ0v) is 7.07. The Kier molecular flexibility index (Phi) is 3.10. The van der Waals surface area contributed by atoms with Gasteiger partial charge in [0.2, 0.25) is 0 Å². The summed E-state index contributed by atoms with van der Waals surface area (Å²) in [6.07, 6.45) is 0. The number of benzene rings is 1. The highest BCUT2D eigenvalue weighted by Crippen LogP contribution is 2.31. The molecule has 0 aliphatic carbocycles. The molecular formula is C9H7F4O. The quantitative estimate of drug-likeness (QED) is 0.679. The minimum Gasteiger partial charge on any atom is -0.244 e. The fourth-order valence-electron chi connectivity index (χ4n) is 1.09. The van der Waals surface area contributed by atoms with E-state index in [4.69, 9.17) is 0 Å². The summed E-state index contributed by atoms with van der Waals surface area (Å²) in [6, 6.07) is 2.33. The van der Waals surface area contributed by atoms with E-state index in [1.54, 1.807) is 0 Å². The van der Waals surface area contributed by atoms with E-state index < -0.39 is 30.6 Å². The zero-order valence-electron chi connectivity index (χ0n) is 7.07. The molecule has 0 saturated carbocycles. The lowest BCUT2D eigenvalue weighted by Crippen LogP contribution is -2.18. The van der Waals surface area contributed by atoms with Crippen molar-refractivity contribution in [3.63, 3.8) is 0 Å². The van der Waals surface area contributed by atoms with Gasteiger partial charge in [-0.3, -0.25) is 0 Å². The van der Waals surface area contributed by atoms with Crippen molar-refractivity contribution in [3.05, 3.63) is 35.1 Å². The molecule has 1 rings (SSSR count). The SMILES string of the molecule is [O]Cc1ccc(F)cc1C(F)(F)CF. The van der Waals surface area contributed by atoms with Crippen LogP contribution in [0, 0.1) is 5.82 Å². The first-order chi connectivity index (χ1) is 6.51. The third-order valence-corrected chi connectivity index (χ3v) is 1.79. The van der Waals surface area contributed by atoms with Crippen LogP contribution in [-0.4, -0.2) is 6.67 Å². The van der Waals surface area contributed by atoms with Crippen LogP contribution in [-0.2, 0) is 17.6 Å². The number of rotatable bonds is 3. The number of hydrogen-bond donors (Lipinski definition) is 0. The first kappa shape index (κ1) is 11.0. The Morgan fingerprint density at radius 1 is 1.29 bits per heavy atom. The maximum Gasteiger partial charge on any atom is 0.301 e. The van der Waals surface area contributed by atoms with Gasteiger partial charge in [-0.1, -0.05) is 6.07 Å². The van der Waals surface area contributed by atoms with Crippen LogP contribution in [0.25, 0.3) is 0 Å². The summed E-state index contributed by atoms with van der Waals surface area (Å²) in [5.74, 6) is -4.70. The average Bonchev–Trinajstić information content (AvgIpc) is 2.18. The maximum absolute atomic E-state index is 12.8. The lowest BCUT2D eigenvalue weighted by molar-refractivity contribution is -0.0304. The molecular weight excluding hydrogens is 200 g/mol. The predicted octanol–water partition coefficient (Wildman–Crippen LogP) is 2.82. The second-order valence-corrected chi connectivity index (χ2v) is 2.78. The number of hydrogen-bond acceptors (Lipinski definition) is 0. The molecule has 1 aromatic rings. The molecule has 14 heavy (non-hydrogen) atoms. The fourth-order valence-corrected chi connectivity index (χ4v) is 1.09. The Bertz CT molecular complexity index is 325. The summed E-state index contributed by atoms with van der Waals surface area (Å²) in [7, 11) is 0. The van der Waals surface area contributed by atoms with Crippen molar-refractivity contribution in [3.8, 4) is 0 Å². The first-order valence-corrected chi connectivity index (χ1v) is 3.82. The number of alkyl halides is 3. The lowest BCUT2D eigenvalue weighted by Gasteiger charge is -2.15. The van der Waals surface area contributed by atoms with Crippen molar-refractivity contribution in [2.45, 2.75) is 12.5 Å². The average molecular weight is 207 g/mol. The number of halogens is 4. The fraction of sp³-hybridized carbons (Fsp3) is 0.333. The molecule has 1 nitrogen and oxygen atoms in total. The van der Waals surface area contributed by atoms with E-state index in [0.717, 1.165) is 12.1 Å². The highest BCUT2D eigenvalue weighted by molar-refractivity contribution is 5.31. The molecule has 1 radical (unpaired) electrons. The first-order valence-electron chi connectivity index (χ1n) is 3.82. The second kappa shape index (κ2) is 3.96. The van der Waals surface area contributed by atoms with Gasteiger partial charge in [0.25, 0.3) is 0 Å². The van der Waals surface area contributed by atoms with Gasteiger partial charge in [0.1, 0.15) is 12.4 Å². The Balaban J connectivity index is 3.23.